The van der Waals surface area contributed by atoms with Crippen molar-refractivity contribution in [2.24, 2.45) is 0 Å². The first-order chi connectivity index (χ1) is 16.3. The number of piperazine rings is 1. The van der Waals surface area contributed by atoms with E-state index in [0.29, 0.717) is 26.2 Å². The minimum atomic E-state index is -4.03. The van der Waals surface area contributed by atoms with Gasteiger partial charge in [-0.05, 0) is 54.1 Å². The topological polar surface area (TPSA) is 60.9 Å². The van der Waals surface area contributed by atoms with Gasteiger partial charge in [-0.25, -0.2) is 17.2 Å². The Hall–Kier alpha value is -3.30. The molecule has 3 aromatic carbocycles. The minimum Gasteiger partial charge on any atom is -0.368 e. The maximum Gasteiger partial charge on any atom is 0.243 e. The Bertz CT molecular complexity index is 1210. The molecule has 1 saturated heterocycles. The van der Waals surface area contributed by atoms with E-state index < -0.39 is 15.8 Å². The van der Waals surface area contributed by atoms with Gasteiger partial charge in [-0.2, -0.15) is 4.31 Å². The number of benzene rings is 3. The third kappa shape index (κ3) is 5.60. The summed E-state index contributed by atoms with van der Waals surface area (Å²) < 4.78 is 54.3. The molecule has 1 aliphatic rings. The largest absolute Gasteiger partial charge is 0.368 e. The third-order valence-electron chi connectivity index (χ3n) is 5.79. The molecule has 1 amide bonds. The van der Waals surface area contributed by atoms with Crippen molar-refractivity contribution in [3.05, 3.63) is 96.1 Å². The van der Waals surface area contributed by atoms with Crippen molar-refractivity contribution < 1.29 is 22.0 Å². The highest BCUT2D eigenvalue weighted by Crippen LogP contribution is 2.21. The maximum absolute atomic E-state index is 13.4. The zero-order chi connectivity index (χ0) is 24.1. The Balaban J connectivity index is 1.48. The summed E-state index contributed by atoms with van der Waals surface area (Å²) in [5, 5.41) is 0. The number of amides is 1. The van der Waals surface area contributed by atoms with E-state index in [-0.39, 0.29) is 29.7 Å². The Labute approximate surface area is 198 Å². The van der Waals surface area contributed by atoms with Gasteiger partial charge in [0.05, 0.1) is 11.4 Å². The molecule has 0 N–H and O–H groups in total. The molecule has 0 saturated carbocycles. The molecular formula is C25H25F2N3O3S. The average molecular weight is 486 g/mol. The summed E-state index contributed by atoms with van der Waals surface area (Å²) in [7, 11) is -4.03. The lowest BCUT2D eigenvalue weighted by atomic mass is 10.2. The fourth-order valence-electron chi connectivity index (χ4n) is 3.89. The standard InChI is InChI=1S/C25H25F2N3O3S/c26-21-6-10-23(11-7-21)28-14-16-29(17-15-28)25(31)19-30(18-20-4-2-1-3-5-20)34(32,33)24-12-8-22(27)9-13-24/h1-13H,14-19H2. The van der Waals surface area contributed by atoms with E-state index in [1.807, 2.05) is 6.07 Å². The van der Waals surface area contributed by atoms with E-state index in [0.717, 1.165) is 27.7 Å². The Morgan fingerprint density at radius 3 is 1.94 bits per heavy atom. The number of carbonyl (C=O) groups is 1. The number of sulfonamides is 1. The van der Waals surface area contributed by atoms with Crippen LogP contribution in [-0.4, -0.2) is 56.3 Å². The van der Waals surface area contributed by atoms with E-state index in [4.69, 9.17) is 0 Å². The first kappa shape index (κ1) is 23.8. The first-order valence-corrected chi connectivity index (χ1v) is 12.3. The summed E-state index contributed by atoms with van der Waals surface area (Å²) in [6.07, 6.45) is 0. The van der Waals surface area contributed by atoms with Crippen LogP contribution in [0.5, 0.6) is 0 Å². The van der Waals surface area contributed by atoms with Crippen LogP contribution in [0.25, 0.3) is 0 Å². The molecule has 9 heteroatoms. The quantitative estimate of drug-likeness (QED) is 0.514. The van der Waals surface area contributed by atoms with E-state index in [2.05, 4.69) is 4.90 Å². The Kier molecular flexibility index (Phi) is 7.23. The van der Waals surface area contributed by atoms with Crippen LogP contribution >= 0.6 is 0 Å². The Morgan fingerprint density at radius 2 is 1.35 bits per heavy atom. The second-order valence-corrected chi connectivity index (χ2v) is 9.99. The normalized spacial score (nSPS) is 14.4. The highest BCUT2D eigenvalue weighted by molar-refractivity contribution is 7.89. The van der Waals surface area contributed by atoms with Crippen LogP contribution < -0.4 is 4.90 Å². The molecule has 0 aromatic heterocycles. The number of halogens is 2. The summed E-state index contributed by atoms with van der Waals surface area (Å²) in [6.45, 7) is 1.65. The second kappa shape index (κ2) is 10.3. The fourth-order valence-corrected chi connectivity index (χ4v) is 5.26. The van der Waals surface area contributed by atoms with Gasteiger partial charge in [0, 0.05) is 38.4 Å². The van der Waals surface area contributed by atoms with Crippen molar-refractivity contribution in [1.82, 2.24) is 9.21 Å². The van der Waals surface area contributed by atoms with Gasteiger partial charge in [0.1, 0.15) is 11.6 Å². The van der Waals surface area contributed by atoms with Gasteiger partial charge in [0.25, 0.3) is 0 Å². The van der Waals surface area contributed by atoms with Crippen molar-refractivity contribution in [2.75, 3.05) is 37.6 Å². The van der Waals surface area contributed by atoms with E-state index >= 15 is 0 Å². The molecule has 0 spiro atoms. The molecule has 6 nitrogen and oxygen atoms in total. The molecule has 0 bridgehead atoms. The van der Waals surface area contributed by atoms with Crippen LogP contribution in [-0.2, 0) is 21.4 Å². The average Bonchev–Trinajstić information content (AvgIpc) is 2.85. The Morgan fingerprint density at radius 1 is 0.794 bits per heavy atom. The predicted octanol–water partition coefficient (Wildman–Crippen LogP) is 3.50. The van der Waals surface area contributed by atoms with Crippen molar-refractivity contribution in [3.8, 4) is 0 Å². The smallest absolute Gasteiger partial charge is 0.243 e. The fraction of sp³-hybridized carbons (Fsp3) is 0.240. The van der Waals surface area contributed by atoms with Crippen LogP contribution in [0.1, 0.15) is 5.56 Å². The monoisotopic (exact) mass is 485 g/mol. The second-order valence-electron chi connectivity index (χ2n) is 8.06. The molecule has 0 atom stereocenters. The molecule has 0 radical (unpaired) electrons. The number of anilines is 1. The highest BCUT2D eigenvalue weighted by Gasteiger charge is 2.30. The summed E-state index contributed by atoms with van der Waals surface area (Å²) >= 11 is 0. The SMILES string of the molecule is O=C(CN(Cc1ccccc1)S(=O)(=O)c1ccc(F)cc1)N1CCN(c2ccc(F)cc2)CC1. The number of hydrogen-bond donors (Lipinski definition) is 0. The highest BCUT2D eigenvalue weighted by atomic mass is 32.2. The number of nitrogens with zero attached hydrogens (tertiary/aromatic N) is 3. The van der Waals surface area contributed by atoms with Crippen LogP contribution in [0.15, 0.2) is 83.8 Å². The number of rotatable bonds is 7. The van der Waals surface area contributed by atoms with E-state index in [1.54, 1.807) is 41.3 Å². The predicted molar refractivity (Wildman–Crippen MR) is 126 cm³/mol. The number of hydrogen-bond acceptors (Lipinski definition) is 4. The third-order valence-corrected chi connectivity index (χ3v) is 7.59. The molecule has 3 aromatic rings. The summed E-state index contributed by atoms with van der Waals surface area (Å²) in [6, 6.07) is 19.8. The van der Waals surface area contributed by atoms with Crippen LogP contribution in [0.2, 0.25) is 0 Å². The molecule has 34 heavy (non-hydrogen) atoms. The van der Waals surface area contributed by atoms with Gasteiger partial charge < -0.3 is 9.80 Å². The lowest BCUT2D eigenvalue weighted by Gasteiger charge is -2.37. The lowest BCUT2D eigenvalue weighted by Crippen LogP contribution is -2.51. The van der Waals surface area contributed by atoms with Gasteiger partial charge >= 0.3 is 0 Å². The van der Waals surface area contributed by atoms with E-state index in [9.17, 15) is 22.0 Å². The molecule has 178 valence electrons. The zero-order valence-corrected chi connectivity index (χ0v) is 19.3. The summed E-state index contributed by atoms with van der Waals surface area (Å²) in [5.41, 5.74) is 1.61. The van der Waals surface area contributed by atoms with E-state index in [1.165, 1.54) is 24.3 Å². The molecule has 1 heterocycles. The van der Waals surface area contributed by atoms with Gasteiger partial charge in [-0.1, -0.05) is 30.3 Å². The molecule has 1 fully saturated rings. The minimum absolute atomic E-state index is 0.0157. The van der Waals surface area contributed by atoms with Crippen LogP contribution in [0, 0.1) is 11.6 Å². The molecule has 0 aliphatic carbocycles. The maximum atomic E-state index is 13.4. The van der Waals surface area contributed by atoms with Crippen molar-refractivity contribution in [3.63, 3.8) is 0 Å². The lowest BCUT2D eigenvalue weighted by molar-refractivity contribution is -0.131. The molecule has 4 rings (SSSR count). The van der Waals surface area contributed by atoms with Crippen LogP contribution in [0.4, 0.5) is 14.5 Å². The van der Waals surface area contributed by atoms with Gasteiger partial charge in [0.2, 0.25) is 15.9 Å². The van der Waals surface area contributed by atoms with Gasteiger partial charge in [-0.3, -0.25) is 4.79 Å². The van der Waals surface area contributed by atoms with Crippen molar-refractivity contribution in [2.45, 2.75) is 11.4 Å². The number of carbonyl (C=O) groups excluding carboxylic acids is 1. The van der Waals surface area contributed by atoms with Crippen molar-refractivity contribution >= 4 is 21.6 Å². The summed E-state index contributed by atoms with van der Waals surface area (Å²) in [5.74, 6) is -1.15. The first-order valence-electron chi connectivity index (χ1n) is 10.9. The molecule has 1 aliphatic heterocycles. The molecule has 0 unspecified atom stereocenters. The van der Waals surface area contributed by atoms with Crippen LogP contribution in [0.3, 0.4) is 0 Å². The zero-order valence-electron chi connectivity index (χ0n) is 18.5. The van der Waals surface area contributed by atoms with Crippen molar-refractivity contribution in [1.29, 1.82) is 0 Å². The van der Waals surface area contributed by atoms with Gasteiger partial charge in [0.15, 0.2) is 0 Å². The van der Waals surface area contributed by atoms with Gasteiger partial charge in [-0.15, -0.1) is 0 Å². The molecular weight excluding hydrogens is 460 g/mol. The summed E-state index contributed by atoms with van der Waals surface area (Å²) in [4.78, 5) is 16.7.